The number of halogens is 1. The molecule has 0 aliphatic carbocycles. The van der Waals surface area contributed by atoms with Crippen LogP contribution >= 0.6 is 23.8 Å². The second-order valence-electron chi connectivity index (χ2n) is 8.31. The van der Waals surface area contributed by atoms with Gasteiger partial charge in [-0.1, -0.05) is 35.9 Å². The minimum Gasteiger partial charge on any atom is -0.495 e. The third-order valence-electron chi connectivity index (χ3n) is 6.30. The zero-order valence-corrected chi connectivity index (χ0v) is 20.8. The third-order valence-corrected chi connectivity index (χ3v) is 6.85. The fraction of sp³-hybridized carbons (Fsp3) is 0.185. The fourth-order valence-corrected chi connectivity index (χ4v) is 5.35. The van der Waals surface area contributed by atoms with Crippen LogP contribution in [0.15, 0.2) is 79.0 Å². The van der Waals surface area contributed by atoms with Gasteiger partial charge in [0.05, 0.1) is 30.6 Å². The number of nitrogens with zero attached hydrogens (tertiary/aromatic N) is 3. The highest BCUT2D eigenvalue weighted by Crippen LogP contribution is 2.44. The summed E-state index contributed by atoms with van der Waals surface area (Å²) in [6.07, 6.45) is 1.82. The summed E-state index contributed by atoms with van der Waals surface area (Å²) in [5.74, 6) is 0.763. The second-order valence-corrected chi connectivity index (χ2v) is 9.13. The Kier molecular flexibility index (Phi) is 6.02. The molecule has 2 atom stereocenters. The molecule has 1 aliphatic rings. The van der Waals surface area contributed by atoms with Crippen LogP contribution in [-0.2, 0) is 0 Å². The Hall–Kier alpha value is -3.35. The van der Waals surface area contributed by atoms with Crippen molar-refractivity contribution >= 4 is 34.6 Å². The third kappa shape index (κ3) is 3.83. The largest absolute Gasteiger partial charge is 0.495 e. The Morgan fingerprint density at radius 2 is 1.76 bits per heavy atom. The molecule has 0 bridgehead atoms. The van der Waals surface area contributed by atoms with Gasteiger partial charge in [-0.05, 0) is 80.2 Å². The van der Waals surface area contributed by atoms with E-state index < -0.39 is 0 Å². The average Bonchev–Trinajstić information content (AvgIpc) is 3.35. The number of rotatable bonds is 5. The summed E-state index contributed by atoms with van der Waals surface area (Å²) < 4.78 is 7.86. The molecule has 0 amide bonds. The van der Waals surface area contributed by atoms with Crippen LogP contribution < -0.4 is 15.0 Å². The lowest BCUT2D eigenvalue weighted by molar-refractivity contribution is 0.412. The van der Waals surface area contributed by atoms with Crippen LogP contribution in [0.1, 0.15) is 34.7 Å². The first-order chi connectivity index (χ1) is 16.5. The number of para-hydroxylation sites is 1. The van der Waals surface area contributed by atoms with Crippen LogP contribution in [0.5, 0.6) is 5.75 Å². The van der Waals surface area contributed by atoms with E-state index >= 15 is 0 Å². The van der Waals surface area contributed by atoms with Crippen LogP contribution in [-0.4, -0.2) is 21.8 Å². The van der Waals surface area contributed by atoms with Gasteiger partial charge in [0.2, 0.25) is 0 Å². The molecular formula is C27H25ClN4OS. The number of hydrogen-bond acceptors (Lipinski definition) is 3. The number of pyridine rings is 1. The van der Waals surface area contributed by atoms with Gasteiger partial charge in [0, 0.05) is 28.3 Å². The van der Waals surface area contributed by atoms with E-state index in [9.17, 15) is 0 Å². The van der Waals surface area contributed by atoms with Gasteiger partial charge in [0.25, 0.3) is 0 Å². The molecule has 2 aromatic carbocycles. The number of methoxy groups -OCH3 is 1. The maximum Gasteiger partial charge on any atom is 0.174 e. The lowest BCUT2D eigenvalue weighted by atomic mass is 9.96. The smallest absolute Gasteiger partial charge is 0.174 e. The average molecular weight is 489 g/mol. The van der Waals surface area contributed by atoms with E-state index in [0.717, 1.165) is 39.8 Å². The number of aryl methyl sites for hydroxylation is 1. The summed E-state index contributed by atoms with van der Waals surface area (Å²) >= 11 is 12.2. The van der Waals surface area contributed by atoms with Gasteiger partial charge >= 0.3 is 0 Å². The lowest BCUT2D eigenvalue weighted by Crippen LogP contribution is -2.29. The first-order valence-corrected chi connectivity index (χ1v) is 11.9. The quantitative estimate of drug-likeness (QED) is 0.332. The standard InChI is InChI=1S/C27H25ClN4OS/c1-17-15-21(18(2)31(17)23-16-19(28)12-13-24(23)33-3)26-25(22-11-7-8-14-29-22)30-27(34)32(26)20-9-5-4-6-10-20/h4-16,25-26H,1-3H3,(H,30,34)/t25-,26-/m1/s1. The van der Waals surface area contributed by atoms with E-state index in [1.807, 2.05) is 60.8 Å². The van der Waals surface area contributed by atoms with Crippen molar-refractivity contribution in [3.8, 4) is 11.4 Å². The zero-order chi connectivity index (χ0) is 23.8. The summed E-state index contributed by atoms with van der Waals surface area (Å²) in [4.78, 5) is 6.85. The molecule has 0 spiro atoms. The van der Waals surface area contributed by atoms with Gasteiger partial charge < -0.3 is 19.5 Å². The molecule has 0 unspecified atom stereocenters. The molecule has 3 heterocycles. The number of hydrogen-bond donors (Lipinski definition) is 1. The molecule has 1 fully saturated rings. The van der Waals surface area contributed by atoms with E-state index in [1.165, 1.54) is 0 Å². The topological polar surface area (TPSA) is 42.3 Å². The predicted molar refractivity (Wildman–Crippen MR) is 141 cm³/mol. The minimum atomic E-state index is -0.107. The predicted octanol–water partition coefficient (Wildman–Crippen LogP) is 6.33. The van der Waals surface area contributed by atoms with E-state index in [1.54, 1.807) is 7.11 Å². The number of anilines is 1. The van der Waals surface area contributed by atoms with E-state index in [4.69, 9.17) is 28.6 Å². The summed E-state index contributed by atoms with van der Waals surface area (Å²) in [5.41, 5.74) is 6.22. The van der Waals surface area contributed by atoms with Crippen molar-refractivity contribution in [1.82, 2.24) is 14.9 Å². The summed E-state index contributed by atoms with van der Waals surface area (Å²) in [7, 11) is 1.68. The van der Waals surface area contributed by atoms with Gasteiger partial charge in [0.15, 0.2) is 5.11 Å². The zero-order valence-electron chi connectivity index (χ0n) is 19.2. The van der Waals surface area contributed by atoms with Crippen molar-refractivity contribution in [1.29, 1.82) is 0 Å². The Labute approximate surface area is 210 Å². The van der Waals surface area contributed by atoms with E-state index in [0.29, 0.717) is 10.1 Å². The Balaban J connectivity index is 1.70. The minimum absolute atomic E-state index is 0.0880. The maximum absolute atomic E-state index is 6.38. The molecule has 172 valence electrons. The molecule has 5 nitrogen and oxygen atoms in total. The van der Waals surface area contributed by atoms with Crippen molar-refractivity contribution in [2.24, 2.45) is 0 Å². The highest BCUT2D eigenvalue weighted by molar-refractivity contribution is 7.80. The molecule has 0 saturated carbocycles. The Bertz CT molecular complexity index is 1340. The van der Waals surface area contributed by atoms with Crippen LogP contribution in [0, 0.1) is 13.8 Å². The summed E-state index contributed by atoms with van der Waals surface area (Å²) in [6.45, 7) is 4.23. The van der Waals surface area contributed by atoms with Crippen molar-refractivity contribution in [2.45, 2.75) is 25.9 Å². The first kappa shape index (κ1) is 22.4. The Morgan fingerprint density at radius 1 is 1.00 bits per heavy atom. The van der Waals surface area contributed by atoms with Crippen molar-refractivity contribution < 1.29 is 4.74 Å². The van der Waals surface area contributed by atoms with E-state index in [-0.39, 0.29) is 12.1 Å². The summed E-state index contributed by atoms with van der Waals surface area (Å²) in [5, 5.41) is 4.87. The normalized spacial score (nSPS) is 17.6. The fourth-order valence-electron chi connectivity index (χ4n) is 4.83. The van der Waals surface area contributed by atoms with Gasteiger partial charge in [-0.25, -0.2) is 0 Å². The molecule has 0 radical (unpaired) electrons. The monoisotopic (exact) mass is 488 g/mol. The van der Waals surface area contributed by atoms with E-state index in [2.05, 4.69) is 51.8 Å². The van der Waals surface area contributed by atoms with Crippen LogP contribution in [0.4, 0.5) is 5.69 Å². The Morgan fingerprint density at radius 3 is 2.47 bits per heavy atom. The molecule has 5 rings (SSSR count). The van der Waals surface area contributed by atoms with Crippen molar-refractivity contribution in [3.05, 3.63) is 107 Å². The van der Waals surface area contributed by atoms with Crippen LogP contribution in [0.2, 0.25) is 5.02 Å². The molecule has 2 aromatic heterocycles. The van der Waals surface area contributed by atoms with Crippen LogP contribution in [0.25, 0.3) is 5.69 Å². The lowest BCUT2D eigenvalue weighted by Gasteiger charge is -2.28. The SMILES string of the molecule is COc1ccc(Cl)cc1-n1c(C)cc([C@@H]2[C@@H](c3ccccn3)NC(=S)N2c2ccccc2)c1C. The molecule has 34 heavy (non-hydrogen) atoms. The first-order valence-electron chi connectivity index (χ1n) is 11.1. The molecule has 4 aromatic rings. The number of thiocarbonyl (C=S) groups is 1. The van der Waals surface area contributed by atoms with Crippen molar-refractivity contribution in [2.75, 3.05) is 12.0 Å². The number of nitrogens with one attached hydrogen (secondary N) is 1. The number of aromatic nitrogens is 2. The second kappa shape index (κ2) is 9.12. The molecule has 1 N–H and O–H groups in total. The highest BCUT2D eigenvalue weighted by atomic mass is 35.5. The van der Waals surface area contributed by atoms with Gasteiger partial charge in [-0.15, -0.1) is 0 Å². The molecule has 7 heteroatoms. The number of benzene rings is 2. The van der Waals surface area contributed by atoms with Crippen molar-refractivity contribution in [3.63, 3.8) is 0 Å². The van der Waals surface area contributed by atoms with Gasteiger partial charge in [-0.3, -0.25) is 4.98 Å². The van der Waals surface area contributed by atoms with Gasteiger partial charge in [0.1, 0.15) is 5.75 Å². The number of ether oxygens (including phenoxy) is 1. The van der Waals surface area contributed by atoms with Crippen LogP contribution in [0.3, 0.4) is 0 Å². The summed E-state index contributed by atoms with van der Waals surface area (Å²) in [6, 6.07) is 23.9. The molecular weight excluding hydrogens is 464 g/mol. The van der Waals surface area contributed by atoms with Gasteiger partial charge in [-0.2, -0.15) is 0 Å². The molecule has 1 saturated heterocycles. The highest BCUT2D eigenvalue weighted by Gasteiger charge is 2.42. The molecule has 1 aliphatic heterocycles. The maximum atomic E-state index is 6.38.